The van der Waals surface area contributed by atoms with Gasteiger partial charge in [0, 0.05) is 17.2 Å². The minimum Gasteiger partial charge on any atom is -0.497 e. The van der Waals surface area contributed by atoms with E-state index < -0.39 is 11.7 Å². The standard InChI is InChI=1S/C19H20O6/c1-22-13-3-4-14-16(7-13)25-10-19(21,18(14)20)15-5-11-8-24-9-12(11)6-17(15)23-2/h3-7,18,20-21H,8-10H2,1-2H3. The molecule has 2 heterocycles. The van der Waals surface area contributed by atoms with Gasteiger partial charge in [0.1, 0.15) is 30.0 Å². The molecule has 2 aromatic carbocycles. The Hall–Kier alpha value is -2.28. The van der Waals surface area contributed by atoms with Crippen LogP contribution in [0.2, 0.25) is 0 Å². The van der Waals surface area contributed by atoms with Crippen LogP contribution in [0.5, 0.6) is 17.2 Å². The van der Waals surface area contributed by atoms with Crippen LogP contribution < -0.4 is 14.2 Å². The maximum Gasteiger partial charge on any atom is 0.157 e. The van der Waals surface area contributed by atoms with E-state index in [0.29, 0.717) is 41.6 Å². The molecule has 4 rings (SSSR count). The van der Waals surface area contributed by atoms with E-state index in [1.807, 2.05) is 12.1 Å². The van der Waals surface area contributed by atoms with Gasteiger partial charge in [-0.25, -0.2) is 0 Å². The molecule has 0 saturated carbocycles. The van der Waals surface area contributed by atoms with Gasteiger partial charge in [-0.2, -0.15) is 0 Å². The lowest BCUT2D eigenvalue weighted by molar-refractivity contribution is -0.122. The second-order valence-corrected chi connectivity index (χ2v) is 6.33. The van der Waals surface area contributed by atoms with Crippen molar-refractivity contribution in [1.29, 1.82) is 0 Å². The number of aliphatic hydroxyl groups is 2. The van der Waals surface area contributed by atoms with Gasteiger partial charge < -0.3 is 29.2 Å². The molecule has 2 aliphatic heterocycles. The minimum atomic E-state index is -1.62. The van der Waals surface area contributed by atoms with Crippen molar-refractivity contribution in [3.05, 3.63) is 52.6 Å². The van der Waals surface area contributed by atoms with E-state index >= 15 is 0 Å². The molecule has 25 heavy (non-hydrogen) atoms. The van der Waals surface area contributed by atoms with Crippen LogP contribution >= 0.6 is 0 Å². The summed E-state index contributed by atoms with van der Waals surface area (Å²) >= 11 is 0. The maximum absolute atomic E-state index is 11.3. The molecule has 0 radical (unpaired) electrons. The zero-order chi connectivity index (χ0) is 17.6. The van der Waals surface area contributed by atoms with Crippen LogP contribution in [0.1, 0.15) is 28.4 Å². The highest BCUT2D eigenvalue weighted by atomic mass is 16.5. The van der Waals surface area contributed by atoms with Gasteiger partial charge in [-0.15, -0.1) is 0 Å². The second-order valence-electron chi connectivity index (χ2n) is 6.33. The van der Waals surface area contributed by atoms with Crippen LogP contribution in [0, 0.1) is 0 Å². The molecule has 132 valence electrons. The van der Waals surface area contributed by atoms with Gasteiger partial charge in [0.25, 0.3) is 0 Å². The summed E-state index contributed by atoms with van der Waals surface area (Å²) in [6, 6.07) is 8.82. The van der Waals surface area contributed by atoms with Crippen molar-refractivity contribution in [2.75, 3.05) is 20.8 Å². The van der Waals surface area contributed by atoms with Crippen LogP contribution in [-0.2, 0) is 23.6 Å². The number of fused-ring (bicyclic) bond motifs is 2. The Kier molecular flexibility index (Phi) is 3.83. The van der Waals surface area contributed by atoms with Gasteiger partial charge in [-0.1, -0.05) is 0 Å². The predicted octanol–water partition coefficient (Wildman–Crippen LogP) is 2.05. The highest BCUT2D eigenvalue weighted by Crippen LogP contribution is 2.47. The molecule has 2 N–H and O–H groups in total. The fourth-order valence-electron chi connectivity index (χ4n) is 3.46. The van der Waals surface area contributed by atoms with Crippen molar-refractivity contribution in [1.82, 2.24) is 0 Å². The van der Waals surface area contributed by atoms with E-state index in [1.54, 1.807) is 32.4 Å². The van der Waals surface area contributed by atoms with Gasteiger partial charge in [0.05, 0.1) is 27.4 Å². The van der Waals surface area contributed by atoms with Crippen molar-refractivity contribution >= 4 is 0 Å². The largest absolute Gasteiger partial charge is 0.497 e. The minimum absolute atomic E-state index is 0.0929. The lowest BCUT2D eigenvalue weighted by Crippen LogP contribution is -2.43. The second kappa shape index (κ2) is 5.91. The van der Waals surface area contributed by atoms with E-state index in [4.69, 9.17) is 18.9 Å². The smallest absolute Gasteiger partial charge is 0.157 e. The molecule has 0 spiro atoms. The van der Waals surface area contributed by atoms with Gasteiger partial charge in [-0.3, -0.25) is 0 Å². The molecule has 2 unspecified atom stereocenters. The van der Waals surface area contributed by atoms with E-state index in [1.165, 1.54) is 0 Å². The number of benzene rings is 2. The van der Waals surface area contributed by atoms with Gasteiger partial charge in [0.2, 0.25) is 0 Å². The normalized spacial score (nSPS) is 24.2. The molecule has 6 heteroatoms. The number of hydrogen-bond donors (Lipinski definition) is 2. The van der Waals surface area contributed by atoms with Crippen LogP contribution in [0.25, 0.3) is 0 Å². The van der Waals surface area contributed by atoms with Crippen molar-refractivity contribution in [3.63, 3.8) is 0 Å². The van der Waals surface area contributed by atoms with E-state index in [-0.39, 0.29) is 6.61 Å². The average molecular weight is 344 g/mol. The predicted molar refractivity (Wildman–Crippen MR) is 88.8 cm³/mol. The molecule has 0 aliphatic carbocycles. The third kappa shape index (κ3) is 2.45. The summed E-state index contributed by atoms with van der Waals surface area (Å²) in [5.41, 5.74) is 1.39. The van der Waals surface area contributed by atoms with Gasteiger partial charge in [-0.05, 0) is 35.4 Å². The Morgan fingerprint density at radius 3 is 2.56 bits per heavy atom. The first-order chi connectivity index (χ1) is 12.1. The monoisotopic (exact) mass is 344 g/mol. The van der Waals surface area contributed by atoms with Crippen LogP contribution in [0.4, 0.5) is 0 Å². The SMILES string of the molecule is COc1ccc2c(c1)OCC(O)(c1cc3c(cc1OC)COC3)C2O. The molecule has 0 fully saturated rings. The van der Waals surface area contributed by atoms with E-state index in [2.05, 4.69) is 0 Å². The van der Waals surface area contributed by atoms with Crippen molar-refractivity contribution in [2.24, 2.45) is 0 Å². The lowest BCUT2D eigenvalue weighted by atomic mass is 9.81. The fraction of sp³-hybridized carbons (Fsp3) is 0.368. The van der Waals surface area contributed by atoms with Crippen LogP contribution in [0.3, 0.4) is 0 Å². The van der Waals surface area contributed by atoms with Crippen molar-refractivity contribution in [2.45, 2.75) is 24.9 Å². The topological polar surface area (TPSA) is 77.4 Å². The zero-order valence-corrected chi connectivity index (χ0v) is 14.1. The lowest BCUT2D eigenvalue weighted by Gasteiger charge is -2.39. The molecule has 6 nitrogen and oxygen atoms in total. The molecule has 0 saturated heterocycles. The number of methoxy groups -OCH3 is 2. The highest BCUT2D eigenvalue weighted by molar-refractivity contribution is 5.51. The summed E-state index contributed by atoms with van der Waals surface area (Å²) in [6.07, 6.45) is -1.16. The summed E-state index contributed by atoms with van der Waals surface area (Å²) in [5.74, 6) is 1.63. The van der Waals surface area contributed by atoms with Crippen molar-refractivity contribution < 1.29 is 29.2 Å². The number of aliphatic hydroxyl groups excluding tert-OH is 1. The molecule has 2 atom stereocenters. The van der Waals surface area contributed by atoms with Gasteiger partial charge >= 0.3 is 0 Å². The summed E-state index contributed by atoms with van der Waals surface area (Å²) in [6.45, 7) is 0.906. The third-order valence-electron chi connectivity index (χ3n) is 4.92. The highest BCUT2D eigenvalue weighted by Gasteiger charge is 2.46. The van der Waals surface area contributed by atoms with Crippen molar-refractivity contribution in [3.8, 4) is 17.2 Å². The summed E-state index contributed by atoms with van der Waals surface area (Å²) in [7, 11) is 3.11. The Morgan fingerprint density at radius 2 is 1.84 bits per heavy atom. The maximum atomic E-state index is 11.3. The van der Waals surface area contributed by atoms with Crippen LogP contribution in [0.15, 0.2) is 30.3 Å². The quantitative estimate of drug-likeness (QED) is 0.887. The number of rotatable bonds is 3. The molecule has 2 aliphatic rings. The summed E-state index contributed by atoms with van der Waals surface area (Å²) in [4.78, 5) is 0. The molecular formula is C19H20O6. The fourth-order valence-corrected chi connectivity index (χ4v) is 3.46. The number of ether oxygens (including phenoxy) is 4. The Balaban J connectivity index is 1.80. The molecular weight excluding hydrogens is 324 g/mol. The number of hydrogen-bond acceptors (Lipinski definition) is 6. The van der Waals surface area contributed by atoms with Gasteiger partial charge in [0.15, 0.2) is 5.60 Å². The first-order valence-corrected chi connectivity index (χ1v) is 8.06. The zero-order valence-electron chi connectivity index (χ0n) is 14.1. The molecule has 0 aromatic heterocycles. The van der Waals surface area contributed by atoms with E-state index in [0.717, 1.165) is 11.1 Å². The van der Waals surface area contributed by atoms with Crippen LogP contribution in [-0.4, -0.2) is 31.0 Å². The summed E-state index contributed by atoms with van der Waals surface area (Å²) in [5, 5.41) is 22.2. The summed E-state index contributed by atoms with van der Waals surface area (Å²) < 4.78 is 21.8. The Bertz CT molecular complexity index is 818. The average Bonchev–Trinajstić information content (AvgIpc) is 3.11. The molecule has 2 aromatic rings. The Labute approximate surface area is 145 Å². The first kappa shape index (κ1) is 16.2. The third-order valence-corrected chi connectivity index (χ3v) is 4.92. The Morgan fingerprint density at radius 1 is 1.08 bits per heavy atom. The molecule has 0 bridgehead atoms. The first-order valence-electron chi connectivity index (χ1n) is 8.06. The van der Waals surface area contributed by atoms with E-state index in [9.17, 15) is 10.2 Å². The molecule has 0 amide bonds.